The van der Waals surface area contributed by atoms with Gasteiger partial charge in [-0.1, -0.05) is 13.0 Å². The maximum atomic E-state index is 12.9. The Kier molecular flexibility index (Phi) is 3.45. The van der Waals surface area contributed by atoms with Gasteiger partial charge >= 0.3 is 0 Å². The van der Waals surface area contributed by atoms with Crippen LogP contribution in [0.5, 0.6) is 0 Å². The number of benzene rings is 1. The summed E-state index contributed by atoms with van der Waals surface area (Å²) >= 11 is 0. The van der Waals surface area contributed by atoms with Crippen LogP contribution in [-0.4, -0.2) is 19.7 Å². The molecule has 3 rings (SSSR count). The normalized spacial score (nSPS) is 12.2. The summed E-state index contributed by atoms with van der Waals surface area (Å²) in [6, 6.07) is 8.31. The molecule has 110 valence electrons. The quantitative estimate of drug-likeness (QED) is 0.757. The monoisotopic (exact) mass is 294 g/mol. The summed E-state index contributed by atoms with van der Waals surface area (Å²) < 4.78 is 1.39. The van der Waals surface area contributed by atoms with E-state index in [2.05, 4.69) is 15.2 Å². The molecule has 0 fully saturated rings. The minimum absolute atomic E-state index is 0.284. The van der Waals surface area contributed by atoms with Gasteiger partial charge in [-0.15, -0.1) is 0 Å². The summed E-state index contributed by atoms with van der Waals surface area (Å²) in [4.78, 5) is 17.4. The molecule has 2 aromatic heterocycles. The number of nitriles is 1. The fourth-order valence-electron chi connectivity index (χ4n) is 2.38. The average molecular weight is 294 g/mol. The van der Waals surface area contributed by atoms with Crippen LogP contribution in [0.2, 0.25) is 0 Å². The molecule has 1 unspecified atom stereocenters. The van der Waals surface area contributed by atoms with Crippen molar-refractivity contribution in [2.24, 2.45) is 5.73 Å². The van der Waals surface area contributed by atoms with Crippen molar-refractivity contribution in [1.29, 1.82) is 5.26 Å². The summed E-state index contributed by atoms with van der Waals surface area (Å²) in [6.07, 6.45) is 2.17. The van der Waals surface area contributed by atoms with Gasteiger partial charge in [0, 0.05) is 6.07 Å². The second-order valence-corrected chi connectivity index (χ2v) is 4.88. The van der Waals surface area contributed by atoms with E-state index in [9.17, 15) is 10.1 Å². The SMILES string of the molecule is CCC(N)c1nc2cccc(C#N)c2c(=O)n1-c1ccn[nH]1. The zero-order valence-electron chi connectivity index (χ0n) is 11.9. The third kappa shape index (κ3) is 2.06. The first-order valence-electron chi connectivity index (χ1n) is 6.88. The van der Waals surface area contributed by atoms with Crippen molar-refractivity contribution < 1.29 is 0 Å². The molecule has 1 aromatic carbocycles. The largest absolute Gasteiger partial charge is 0.321 e. The highest BCUT2D eigenvalue weighted by Crippen LogP contribution is 2.19. The molecule has 0 saturated carbocycles. The van der Waals surface area contributed by atoms with Crippen molar-refractivity contribution in [3.05, 3.63) is 52.2 Å². The molecule has 0 aliphatic heterocycles. The second kappa shape index (κ2) is 5.42. The first-order chi connectivity index (χ1) is 10.7. The standard InChI is InChI=1S/C15H14N6O/c1-2-10(17)14-19-11-5-3-4-9(8-16)13(11)15(22)21(14)12-6-7-18-20-12/h3-7,10H,2,17H2,1H3,(H,18,20). The minimum atomic E-state index is -0.397. The predicted octanol–water partition coefficient (Wildman–Crippen LogP) is 1.39. The molecule has 0 aliphatic carbocycles. The van der Waals surface area contributed by atoms with Crippen LogP contribution in [0.4, 0.5) is 0 Å². The average Bonchev–Trinajstić information content (AvgIpc) is 3.07. The van der Waals surface area contributed by atoms with E-state index in [0.29, 0.717) is 29.1 Å². The lowest BCUT2D eigenvalue weighted by Crippen LogP contribution is -2.29. The van der Waals surface area contributed by atoms with Gasteiger partial charge in [-0.05, 0) is 18.6 Å². The molecule has 1 atom stereocenters. The Morgan fingerprint density at radius 3 is 2.91 bits per heavy atom. The van der Waals surface area contributed by atoms with Crippen LogP contribution in [0.3, 0.4) is 0 Å². The van der Waals surface area contributed by atoms with Gasteiger partial charge in [-0.25, -0.2) is 9.55 Å². The lowest BCUT2D eigenvalue weighted by atomic mass is 10.1. The van der Waals surface area contributed by atoms with Gasteiger partial charge in [0.05, 0.1) is 28.7 Å². The highest BCUT2D eigenvalue weighted by Gasteiger charge is 2.19. The van der Waals surface area contributed by atoms with Gasteiger partial charge in [0.2, 0.25) is 0 Å². The summed E-state index contributed by atoms with van der Waals surface area (Å²) in [7, 11) is 0. The zero-order valence-corrected chi connectivity index (χ0v) is 11.9. The van der Waals surface area contributed by atoms with E-state index in [4.69, 9.17) is 5.73 Å². The molecule has 22 heavy (non-hydrogen) atoms. The number of H-pyrrole nitrogens is 1. The molecule has 0 amide bonds. The molecule has 0 aliphatic rings. The van der Waals surface area contributed by atoms with Crippen LogP contribution in [0.15, 0.2) is 35.3 Å². The van der Waals surface area contributed by atoms with Crippen molar-refractivity contribution in [2.45, 2.75) is 19.4 Å². The topological polar surface area (TPSA) is 113 Å². The van der Waals surface area contributed by atoms with Crippen molar-refractivity contribution >= 4 is 10.9 Å². The molecule has 7 heteroatoms. The summed E-state index contributed by atoms with van der Waals surface area (Å²) in [6.45, 7) is 1.92. The van der Waals surface area contributed by atoms with Gasteiger partial charge in [0.1, 0.15) is 17.7 Å². The van der Waals surface area contributed by atoms with Crippen LogP contribution in [0.1, 0.15) is 30.8 Å². The number of nitrogens with zero attached hydrogens (tertiary/aromatic N) is 4. The van der Waals surface area contributed by atoms with Crippen molar-refractivity contribution in [2.75, 3.05) is 0 Å². The van der Waals surface area contributed by atoms with E-state index >= 15 is 0 Å². The Hall–Kier alpha value is -2.98. The summed E-state index contributed by atoms with van der Waals surface area (Å²) in [5.74, 6) is 0.922. The third-order valence-electron chi connectivity index (χ3n) is 3.54. The number of hydrogen-bond acceptors (Lipinski definition) is 5. The van der Waals surface area contributed by atoms with Gasteiger partial charge in [-0.3, -0.25) is 9.89 Å². The fraction of sp³-hybridized carbons (Fsp3) is 0.200. The van der Waals surface area contributed by atoms with Gasteiger partial charge in [0.25, 0.3) is 5.56 Å². The summed E-state index contributed by atoms with van der Waals surface area (Å²) in [5, 5.41) is 16.1. The molecular formula is C15H14N6O. The third-order valence-corrected chi connectivity index (χ3v) is 3.54. The van der Waals surface area contributed by atoms with E-state index in [1.165, 1.54) is 4.57 Å². The number of aromatic amines is 1. The molecule has 0 radical (unpaired) electrons. The Morgan fingerprint density at radius 2 is 2.27 bits per heavy atom. The van der Waals surface area contributed by atoms with E-state index in [0.717, 1.165) is 0 Å². The highest BCUT2D eigenvalue weighted by molar-refractivity contribution is 5.84. The minimum Gasteiger partial charge on any atom is -0.321 e. The zero-order chi connectivity index (χ0) is 15.7. The number of nitrogens with two attached hydrogens (primary N) is 1. The van der Waals surface area contributed by atoms with E-state index in [1.807, 2.05) is 13.0 Å². The lowest BCUT2D eigenvalue weighted by molar-refractivity contribution is 0.618. The molecular weight excluding hydrogens is 280 g/mol. The van der Waals surface area contributed by atoms with Crippen LogP contribution in [-0.2, 0) is 0 Å². The molecule has 0 spiro atoms. The molecule has 7 nitrogen and oxygen atoms in total. The number of rotatable bonds is 3. The van der Waals surface area contributed by atoms with Gasteiger partial charge in [0.15, 0.2) is 0 Å². The maximum Gasteiger partial charge on any atom is 0.268 e. The summed E-state index contributed by atoms with van der Waals surface area (Å²) in [5.41, 5.74) is 6.54. The smallest absolute Gasteiger partial charge is 0.268 e. The number of fused-ring (bicyclic) bond motifs is 1. The highest BCUT2D eigenvalue weighted by atomic mass is 16.1. The van der Waals surface area contributed by atoms with E-state index < -0.39 is 6.04 Å². The van der Waals surface area contributed by atoms with Crippen LogP contribution in [0, 0.1) is 11.3 Å². The van der Waals surface area contributed by atoms with Crippen LogP contribution < -0.4 is 11.3 Å². The van der Waals surface area contributed by atoms with Crippen molar-refractivity contribution in [3.8, 4) is 11.9 Å². The number of hydrogen-bond donors (Lipinski definition) is 2. The predicted molar refractivity (Wildman–Crippen MR) is 81.4 cm³/mol. The molecule has 0 bridgehead atoms. The van der Waals surface area contributed by atoms with Gasteiger partial charge in [-0.2, -0.15) is 10.4 Å². The fourth-order valence-corrected chi connectivity index (χ4v) is 2.38. The Balaban J connectivity index is 2.47. The Bertz CT molecular complexity index is 920. The maximum absolute atomic E-state index is 12.9. The van der Waals surface area contributed by atoms with Crippen molar-refractivity contribution in [1.82, 2.24) is 19.7 Å². The first-order valence-corrected chi connectivity index (χ1v) is 6.88. The molecule has 0 saturated heterocycles. The molecule has 3 aromatic rings. The van der Waals surface area contributed by atoms with Crippen molar-refractivity contribution in [3.63, 3.8) is 0 Å². The van der Waals surface area contributed by atoms with Gasteiger partial charge < -0.3 is 5.73 Å². The van der Waals surface area contributed by atoms with Crippen LogP contribution >= 0.6 is 0 Å². The Morgan fingerprint density at radius 1 is 1.45 bits per heavy atom. The Labute approximate surface area is 126 Å². The lowest BCUT2D eigenvalue weighted by Gasteiger charge is -2.16. The van der Waals surface area contributed by atoms with Crippen LogP contribution in [0.25, 0.3) is 16.7 Å². The number of nitrogens with one attached hydrogen (secondary N) is 1. The first kappa shape index (κ1) is 14.0. The molecule has 2 heterocycles. The molecule has 3 N–H and O–H groups in total. The number of aromatic nitrogens is 4. The second-order valence-electron chi connectivity index (χ2n) is 4.88. The van der Waals surface area contributed by atoms with E-state index in [-0.39, 0.29) is 10.9 Å². The van der Waals surface area contributed by atoms with E-state index in [1.54, 1.807) is 30.5 Å².